The molecule has 2 rings (SSSR count). The maximum Gasteiger partial charge on any atom is 0.0951 e. The molecule has 0 aliphatic heterocycles. The fourth-order valence-corrected chi connectivity index (χ4v) is 2.46. The molecular weight excluding hydrogens is 267 g/mol. The van der Waals surface area contributed by atoms with Gasteiger partial charge in [-0.05, 0) is 23.1 Å². The van der Waals surface area contributed by atoms with Crippen LogP contribution in [-0.2, 0) is 12.5 Å². The van der Waals surface area contributed by atoms with Gasteiger partial charge in [-0.2, -0.15) is 0 Å². The maximum atomic E-state index is 6.28. The molecule has 0 fully saturated rings. The summed E-state index contributed by atoms with van der Waals surface area (Å²) < 4.78 is 1.91. The van der Waals surface area contributed by atoms with Gasteiger partial charge in [0.1, 0.15) is 0 Å². The fraction of sp³-hybridized carbons (Fsp3) is 0.357. The van der Waals surface area contributed by atoms with Crippen molar-refractivity contribution in [3.8, 4) is 11.3 Å². The number of benzene rings is 1. The number of hydrogen-bond donors (Lipinski definition) is 0. The maximum absolute atomic E-state index is 6.28. The Balaban J connectivity index is 2.61. The van der Waals surface area contributed by atoms with Crippen LogP contribution < -0.4 is 0 Å². The van der Waals surface area contributed by atoms with Crippen LogP contribution in [0.4, 0.5) is 0 Å². The summed E-state index contributed by atoms with van der Waals surface area (Å²) in [5, 5.41) is 1.20. The van der Waals surface area contributed by atoms with Crippen molar-refractivity contribution in [3.63, 3.8) is 0 Å². The normalized spacial score (nSPS) is 11.9. The summed E-state index contributed by atoms with van der Waals surface area (Å²) in [5.74, 6) is 0. The zero-order valence-electron chi connectivity index (χ0n) is 11.0. The van der Waals surface area contributed by atoms with Gasteiger partial charge in [0.25, 0.3) is 0 Å². The van der Waals surface area contributed by atoms with Crippen LogP contribution in [-0.4, -0.2) is 9.55 Å². The third-order valence-electron chi connectivity index (χ3n) is 2.84. The summed E-state index contributed by atoms with van der Waals surface area (Å²) in [4.78, 5) is 4.34. The summed E-state index contributed by atoms with van der Waals surface area (Å²) in [6.07, 6.45) is 3.74. The van der Waals surface area contributed by atoms with Gasteiger partial charge in [0.15, 0.2) is 0 Å². The van der Waals surface area contributed by atoms with Crippen LogP contribution in [0, 0.1) is 0 Å². The lowest BCUT2D eigenvalue weighted by atomic mass is 9.86. The summed E-state index contributed by atoms with van der Waals surface area (Å²) >= 11 is 12.5. The molecule has 0 aliphatic carbocycles. The van der Waals surface area contributed by atoms with E-state index in [4.69, 9.17) is 23.2 Å². The predicted octanol–water partition coefficient (Wildman–Crippen LogP) is 4.69. The van der Waals surface area contributed by atoms with Gasteiger partial charge in [-0.1, -0.05) is 44.0 Å². The molecule has 0 N–H and O–H groups in total. The Morgan fingerprint density at radius 3 is 2.33 bits per heavy atom. The summed E-state index contributed by atoms with van der Waals surface area (Å²) in [6, 6.07) is 3.93. The number of nitrogens with zero attached hydrogens (tertiary/aromatic N) is 2. The molecule has 0 saturated heterocycles. The predicted molar refractivity (Wildman–Crippen MR) is 77.4 cm³/mol. The molecule has 96 valence electrons. The molecule has 1 aromatic heterocycles. The Hall–Kier alpha value is -0.990. The molecule has 2 nitrogen and oxygen atoms in total. The second-order valence-electron chi connectivity index (χ2n) is 5.49. The van der Waals surface area contributed by atoms with Gasteiger partial charge < -0.3 is 4.57 Å². The van der Waals surface area contributed by atoms with Crippen LogP contribution in [0.1, 0.15) is 26.3 Å². The standard InChI is InChI=1S/C14H16Cl2N2/c1-14(2,3)10-5-9(6-11(15)13(10)16)12-7-18(4)8-17-12/h5-8H,1-4H3. The molecule has 4 heteroatoms. The van der Waals surface area contributed by atoms with Crippen molar-refractivity contribution in [1.29, 1.82) is 0 Å². The largest absolute Gasteiger partial charge is 0.340 e. The van der Waals surface area contributed by atoms with Crippen LogP contribution >= 0.6 is 23.2 Å². The molecule has 0 spiro atoms. The van der Waals surface area contributed by atoms with Crippen LogP contribution in [0.25, 0.3) is 11.3 Å². The third kappa shape index (κ3) is 2.55. The van der Waals surface area contributed by atoms with Gasteiger partial charge in [0.2, 0.25) is 0 Å². The van der Waals surface area contributed by atoms with Crippen LogP contribution in [0.3, 0.4) is 0 Å². The zero-order valence-corrected chi connectivity index (χ0v) is 12.5. The van der Waals surface area contributed by atoms with E-state index in [1.54, 1.807) is 6.33 Å². The molecule has 18 heavy (non-hydrogen) atoms. The molecule has 1 heterocycles. The van der Waals surface area contributed by atoms with Gasteiger partial charge >= 0.3 is 0 Å². The second kappa shape index (κ2) is 4.60. The van der Waals surface area contributed by atoms with E-state index in [9.17, 15) is 0 Å². The van der Waals surface area contributed by atoms with Crippen LogP contribution in [0.15, 0.2) is 24.7 Å². The van der Waals surface area contributed by atoms with E-state index >= 15 is 0 Å². The van der Waals surface area contributed by atoms with E-state index in [2.05, 4.69) is 31.8 Å². The highest BCUT2D eigenvalue weighted by Gasteiger charge is 2.20. The number of rotatable bonds is 1. The van der Waals surface area contributed by atoms with Crippen LogP contribution in [0.5, 0.6) is 0 Å². The van der Waals surface area contributed by atoms with Gasteiger partial charge in [0, 0.05) is 18.8 Å². The Morgan fingerprint density at radius 1 is 1.17 bits per heavy atom. The first-order valence-corrected chi connectivity index (χ1v) is 6.52. The Kier molecular flexibility index (Phi) is 3.43. The van der Waals surface area contributed by atoms with Crippen molar-refractivity contribution in [2.45, 2.75) is 26.2 Å². The van der Waals surface area contributed by atoms with Crippen molar-refractivity contribution in [1.82, 2.24) is 9.55 Å². The highest BCUT2D eigenvalue weighted by Crippen LogP contribution is 2.37. The number of imidazole rings is 1. The smallest absolute Gasteiger partial charge is 0.0951 e. The first-order chi connectivity index (χ1) is 8.29. The highest BCUT2D eigenvalue weighted by molar-refractivity contribution is 6.42. The van der Waals surface area contributed by atoms with E-state index in [0.29, 0.717) is 10.0 Å². The minimum absolute atomic E-state index is 0.0501. The highest BCUT2D eigenvalue weighted by atomic mass is 35.5. The minimum Gasteiger partial charge on any atom is -0.340 e. The lowest BCUT2D eigenvalue weighted by Crippen LogP contribution is -2.12. The second-order valence-corrected chi connectivity index (χ2v) is 6.28. The van der Waals surface area contributed by atoms with Crippen molar-refractivity contribution in [3.05, 3.63) is 40.3 Å². The molecule has 0 bridgehead atoms. The van der Waals surface area contributed by atoms with Crippen molar-refractivity contribution < 1.29 is 0 Å². The summed E-state index contributed by atoms with van der Waals surface area (Å²) in [5.41, 5.74) is 2.89. The monoisotopic (exact) mass is 282 g/mol. The topological polar surface area (TPSA) is 17.8 Å². The quantitative estimate of drug-likeness (QED) is 0.742. The number of aromatic nitrogens is 2. The van der Waals surface area contributed by atoms with E-state index in [1.807, 2.05) is 23.9 Å². The van der Waals surface area contributed by atoms with Gasteiger partial charge in [-0.15, -0.1) is 0 Å². The number of hydrogen-bond acceptors (Lipinski definition) is 1. The molecule has 0 aliphatic rings. The molecule has 0 amide bonds. The van der Waals surface area contributed by atoms with E-state index < -0.39 is 0 Å². The van der Waals surface area contributed by atoms with E-state index in [1.165, 1.54) is 0 Å². The molecule has 0 saturated carbocycles. The SMILES string of the molecule is Cn1cnc(-c2cc(Cl)c(Cl)c(C(C)(C)C)c2)c1. The number of halogens is 2. The van der Waals surface area contributed by atoms with Gasteiger partial charge in [0.05, 0.1) is 22.1 Å². The number of aryl methyl sites for hydroxylation is 1. The molecule has 0 unspecified atom stereocenters. The third-order valence-corrected chi connectivity index (χ3v) is 3.64. The fourth-order valence-electron chi connectivity index (χ4n) is 1.84. The molecular formula is C14H16Cl2N2. The van der Waals surface area contributed by atoms with Crippen molar-refractivity contribution in [2.75, 3.05) is 0 Å². The molecule has 2 aromatic rings. The Labute approximate surface area is 118 Å². The van der Waals surface area contributed by atoms with E-state index in [0.717, 1.165) is 16.8 Å². The first kappa shape index (κ1) is 13.4. The average molecular weight is 283 g/mol. The van der Waals surface area contributed by atoms with Crippen molar-refractivity contribution in [2.24, 2.45) is 7.05 Å². The lowest BCUT2D eigenvalue weighted by molar-refractivity contribution is 0.591. The van der Waals surface area contributed by atoms with Gasteiger partial charge in [-0.3, -0.25) is 0 Å². The molecule has 1 aromatic carbocycles. The summed E-state index contributed by atoms with van der Waals surface area (Å²) in [6.45, 7) is 6.35. The minimum atomic E-state index is -0.0501. The lowest BCUT2D eigenvalue weighted by Gasteiger charge is -2.22. The van der Waals surface area contributed by atoms with Crippen molar-refractivity contribution >= 4 is 23.2 Å². The Morgan fingerprint density at radius 2 is 1.83 bits per heavy atom. The zero-order chi connectivity index (χ0) is 13.5. The average Bonchev–Trinajstić information content (AvgIpc) is 2.67. The van der Waals surface area contributed by atoms with Crippen LogP contribution in [0.2, 0.25) is 10.0 Å². The first-order valence-electron chi connectivity index (χ1n) is 5.77. The summed E-state index contributed by atoms with van der Waals surface area (Å²) in [7, 11) is 1.94. The van der Waals surface area contributed by atoms with E-state index in [-0.39, 0.29) is 5.41 Å². The Bertz CT molecular complexity index is 580. The molecule has 0 radical (unpaired) electrons. The van der Waals surface area contributed by atoms with Gasteiger partial charge in [-0.25, -0.2) is 4.98 Å². The molecule has 0 atom stereocenters.